The standard InChI is InChI=1S/C24H23ClN2O6S/c1-14-13-34-23-20(26-19(28)12-31-17-6-4-3-5-7-17)22(29)27(23)21(14)24(30)33-15(2)32-18-10-8-16(25)9-11-18/h3-11,15,20,23H,12-13H2,1-2H3,(H,26,28)/t15?,20?,23-/m1/s1. The summed E-state index contributed by atoms with van der Waals surface area (Å²) in [4.78, 5) is 39.4. The summed E-state index contributed by atoms with van der Waals surface area (Å²) in [5, 5.41) is 2.87. The lowest BCUT2D eigenvalue weighted by Gasteiger charge is -2.49. The van der Waals surface area contributed by atoms with Gasteiger partial charge >= 0.3 is 5.97 Å². The molecule has 1 fully saturated rings. The Morgan fingerprint density at radius 1 is 1.15 bits per heavy atom. The molecule has 2 heterocycles. The molecule has 2 unspecified atom stereocenters. The first-order valence-electron chi connectivity index (χ1n) is 10.6. The van der Waals surface area contributed by atoms with Gasteiger partial charge in [-0.2, -0.15) is 0 Å². The number of halogens is 1. The Balaban J connectivity index is 1.34. The minimum atomic E-state index is -0.885. The highest BCUT2D eigenvalue weighted by Gasteiger charge is 2.54. The van der Waals surface area contributed by atoms with E-state index in [1.54, 1.807) is 62.4 Å². The molecule has 1 saturated heterocycles. The van der Waals surface area contributed by atoms with Gasteiger partial charge in [-0.1, -0.05) is 29.8 Å². The Hall–Kier alpha value is -3.17. The van der Waals surface area contributed by atoms with Gasteiger partial charge in [0.05, 0.1) is 0 Å². The molecule has 0 bridgehead atoms. The monoisotopic (exact) mass is 502 g/mol. The van der Waals surface area contributed by atoms with Crippen LogP contribution in [0.15, 0.2) is 65.9 Å². The summed E-state index contributed by atoms with van der Waals surface area (Å²) in [5.41, 5.74) is 0.904. The van der Waals surface area contributed by atoms with Crippen molar-refractivity contribution in [3.05, 3.63) is 70.9 Å². The second kappa shape index (κ2) is 10.4. The predicted molar refractivity (Wildman–Crippen MR) is 127 cm³/mol. The summed E-state index contributed by atoms with van der Waals surface area (Å²) in [5.74, 6) is 0.135. The van der Waals surface area contributed by atoms with Crippen molar-refractivity contribution in [3.8, 4) is 11.5 Å². The maximum Gasteiger partial charge on any atom is 0.358 e. The molecule has 2 aromatic rings. The van der Waals surface area contributed by atoms with Crippen molar-refractivity contribution in [2.45, 2.75) is 31.6 Å². The lowest BCUT2D eigenvalue weighted by molar-refractivity contribution is -0.163. The number of fused-ring (bicyclic) bond motifs is 1. The number of nitrogens with one attached hydrogen (secondary N) is 1. The number of esters is 1. The second-order valence-corrected chi connectivity index (χ2v) is 9.27. The van der Waals surface area contributed by atoms with Crippen LogP contribution in [0.1, 0.15) is 13.8 Å². The van der Waals surface area contributed by atoms with Crippen molar-refractivity contribution in [2.24, 2.45) is 0 Å². The molecular formula is C24H23ClN2O6S. The largest absolute Gasteiger partial charge is 0.484 e. The fourth-order valence-corrected chi connectivity index (χ4v) is 5.00. The number of amides is 2. The van der Waals surface area contributed by atoms with E-state index in [0.717, 1.165) is 5.57 Å². The van der Waals surface area contributed by atoms with Crippen molar-refractivity contribution < 1.29 is 28.6 Å². The predicted octanol–water partition coefficient (Wildman–Crippen LogP) is 3.36. The average Bonchev–Trinajstić information content (AvgIpc) is 2.83. The zero-order chi connectivity index (χ0) is 24.2. The summed E-state index contributed by atoms with van der Waals surface area (Å²) in [6.07, 6.45) is -0.885. The normalized spacial score (nSPS) is 20.1. The van der Waals surface area contributed by atoms with Crippen molar-refractivity contribution in [3.63, 3.8) is 0 Å². The molecule has 2 aliphatic heterocycles. The van der Waals surface area contributed by atoms with Gasteiger partial charge < -0.3 is 19.5 Å². The molecule has 0 radical (unpaired) electrons. The van der Waals surface area contributed by atoms with E-state index in [-0.39, 0.29) is 18.2 Å². The van der Waals surface area contributed by atoms with Gasteiger partial charge in [0.25, 0.3) is 11.8 Å². The van der Waals surface area contributed by atoms with E-state index in [1.165, 1.54) is 16.7 Å². The smallest absolute Gasteiger partial charge is 0.358 e. The van der Waals surface area contributed by atoms with Crippen LogP contribution < -0.4 is 14.8 Å². The van der Waals surface area contributed by atoms with E-state index < -0.39 is 29.6 Å². The topological polar surface area (TPSA) is 94.2 Å². The highest BCUT2D eigenvalue weighted by Crippen LogP contribution is 2.40. The molecule has 4 rings (SSSR count). The quantitative estimate of drug-likeness (QED) is 0.336. The van der Waals surface area contributed by atoms with Crippen LogP contribution in [0.5, 0.6) is 11.5 Å². The first-order valence-corrected chi connectivity index (χ1v) is 12.0. The van der Waals surface area contributed by atoms with Crippen molar-refractivity contribution in [2.75, 3.05) is 12.4 Å². The molecule has 0 aliphatic carbocycles. The first kappa shape index (κ1) is 24.0. The van der Waals surface area contributed by atoms with E-state index >= 15 is 0 Å². The number of hydrogen-bond acceptors (Lipinski definition) is 7. The maximum atomic E-state index is 12.9. The fourth-order valence-electron chi connectivity index (χ4n) is 3.58. The second-order valence-electron chi connectivity index (χ2n) is 7.73. The van der Waals surface area contributed by atoms with Gasteiger partial charge in [-0.3, -0.25) is 14.5 Å². The van der Waals surface area contributed by atoms with E-state index in [2.05, 4.69) is 5.32 Å². The van der Waals surface area contributed by atoms with Crippen LogP contribution in [0.25, 0.3) is 0 Å². The minimum Gasteiger partial charge on any atom is -0.484 e. The molecular weight excluding hydrogens is 480 g/mol. The Bertz CT molecular complexity index is 1110. The van der Waals surface area contributed by atoms with Gasteiger partial charge in [0.1, 0.15) is 28.6 Å². The molecule has 2 aromatic carbocycles. The fraction of sp³-hybridized carbons (Fsp3) is 0.292. The molecule has 1 N–H and O–H groups in total. The van der Waals surface area contributed by atoms with Gasteiger partial charge in [-0.15, -0.1) is 11.8 Å². The summed E-state index contributed by atoms with van der Waals surface area (Å²) >= 11 is 7.34. The van der Waals surface area contributed by atoms with E-state index in [9.17, 15) is 14.4 Å². The minimum absolute atomic E-state index is 0.186. The van der Waals surface area contributed by atoms with E-state index in [1.807, 2.05) is 6.07 Å². The lowest BCUT2D eigenvalue weighted by Crippen LogP contribution is -2.70. The molecule has 34 heavy (non-hydrogen) atoms. The first-order chi connectivity index (χ1) is 16.3. The van der Waals surface area contributed by atoms with Crippen LogP contribution in [0.2, 0.25) is 5.02 Å². The average molecular weight is 503 g/mol. The number of ether oxygens (including phenoxy) is 3. The number of carbonyl (C=O) groups excluding carboxylic acids is 3. The van der Waals surface area contributed by atoms with Crippen LogP contribution in [0.4, 0.5) is 0 Å². The summed E-state index contributed by atoms with van der Waals surface area (Å²) < 4.78 is 16.5. The molecule has 0 aromatic heterocycles. The number of carbonyl (C=O) groups is 3. The van der Waals surface area contributed by atoms with Crippen LogP contribution in [-0.2, 0) is 19.1 Å². The molecule has 3 atom stereocenters. The molecule has 0 spiro atoms. The van der Waals surface area contributed by atoms with E-state index in [4.69, 9.17) is 25.8 Å². The number of rotatable bonds is 8. The number of thioether (sulfide) groups is 1. The van der Waals surface area contributed by atoms with Crippen molar-refractivity contribution in [1.82, 2.24) is 10.2 Å². The molecule has 178 valence electrons. The highest BCUT2D eigenvalue weighted by molar-refractivity contribution is 8.00. The zero-order valence-corrected chi connectivity index (χ0v) is 20.1. The lowest BCUT2D eigenvalue weighted by atomic mass is 10.0. The molecule has 8 nitrogen and oxygen atoms in total. The Morgan fingerprint density at radius 2 is 1.85 bits per heavy atom. The van der Waals surface area contributed by atoms with Crippen molar-refractivity contribution >= 4 is 41.1 Å². The van der Waals surface area contributed by atoms with Gasteiger partial charge in [-0.25, -0.2) is 4.79 Å². The SMILES string of the molecule is CC1=C(C(=O)OC(C)Oc2ccc(Cl)cc2)N2C(=O)C(NC(=O)COc3ccccc3)[C@H]2SC1. The summed E-state index contributed by atoms with van der Waals surface area (Å²) in [6, 6.07) is 14.8. The zero-order valence-electron chi connectivity index (χ0n) is 18.5. The van der Waals surface area contributed by atoms with Crippen LogP contribution >= 0.6 is 23.4 Å². The molecule has 2 aliphatic rings. The number of β-lactam (4-membered cyclic amide) rings is 1. The van der Waals surface area contributed by atoms with Gasteiger partial charge in [0, 0.05) is 17.7 Å². The van der Waals surface area contributed by atoms with Gasteiger partial charge in [0.15, 0.2) is 6.61 Å². The Morgan fingerprint density at radius 3 is 2.56 bits per heavy atom. The number of hydrogen-bond donors (Lipinski definition) is 1. The van der Waals surface area contributed by atoms with Gasteiger partial charge in [0.2, 0.25) is 6.29 Å². The van der Waals surface area contributed by atoms with E-state index in [0.29, 0.717) is 22.3 Å². The van der Waals surface area contributed by atoms with Crippen LogP contribution in [0.3, 0.4) is 0 Å². The third-order valence-corrected chi connectivity index (χ3v) is 6.85. The third-order valence-electron chi connectivity index (χ3n) is 5.17. The highest BCUT2D eigenvalue weighted by atomic mass is 35.5. The number of benzene rings is 2. The number of para-hydroxylation sites is 1. The van der Waals surface area contributed by atoms with Crippen LogP contribution in [0, 0.1) is 0 Å². The summed E-state index contributed by atoms with van der Waals surface area (Å²) in [7, 11) is 0. The van der Waals surface area contributed by atoms with Crippen LogP contribution in [-0.4, -0.2) is 52.7 Å². The molecule has 2 amide bonds. The Kier molecular flexibility index (Phi) is 7.33. The Labute approximate surface area is 206 Å². The molecule has 10 heteroatoms. The molecule has 0 saturated carbocycles. The maximum absolute atomic E-state index is 12.9. The van der Waals surface area contributed by atoms with Crippen molar-refractivity contribution in [1.29, 1.82) is 0 Å². The third kappa shape index (κ3) is 5.31. The van der Waals surface area contributed by atoms with Gasteiger partial charge in [-0.05, 0) is 48.9 Å². The number of nitrogens with zero attached hydrogens (tertiary/aromatic N) is 1. The summed E-state index contributed by atoms with van der Waals surface area (Å²) in [6.45, 7) is 3.15.